The van der Waals surface area contributed by atoms with Crippen molar-refractivity contribution in [3.63, 3.8) is 0 Å². The van der Waals surface area contributed by atoms with E-state index in [9.17, 15) is 4.79 Å². The molecule has 6 heteroatoms. The minimum absolute atomic E-state index is 0.244. The molecule has 0 radical (unpaired) electrons. The first-order chi connectivity index (χ1) is 8.70. The fraction of sp³-hybridized carbons (Fsp3) is 0.250. The number of nitrogens with zero attached hydrogens (tertiary/aromatic N) is 2. The van der Waals surface area contributed by atoms with E-state index < -0.39 is 0 Å². The van der Waals surface area contributed by atoms with Crippen molar-refractivity contribution in [2.45, 2.75) is 19.9 Å². The molecule has 2 heterocycles. The number of nitrogens with two attached hydrogens (primary N) is 1. The quantitative estimate of drug-likeness (QED) is 0.744. The fourth-order valence-electron chi connectivity index (χ4n) is 1.67. The molecule has 0 spiro atoms. The molecule has 0 unspecified atom stereocenters. The number of aromatic amines is 1. The van der Waals surface area contributed by atoms with E-state index in [2.05, 4.69) is 27.4 Å². The molecule has 0 aliphatic heterocycles. The maximum atomic E-state index is 11.8. The summed E-state index contributed by atoms with van der Waals surface area (Å²) < 4.78 is 0. The van der Waals surface area contributed by atoms with Crippen LogP contribution in [-0.4, -0.2) is 21.1 Å². The number of aryl methyl sites for hydroxylation is 1. The number of H-pyrrole nitrogens is 1. The third-order valence-corrected chi connectivity index (χ3v) is 2.62. The van der Waals surface area contributed by atoms with E-state index in [1.165, 1.54) is 6.07 Å². The lowest BCUT2D eigenvalue weighted by Crippen LogP contribution is -2.24. The van der Waals surface area contributed by atoms with Gasteiger partial charge in [-0.25, -0.2) is 0 Å². The highest BCUT2D eigenvalue weighted by Gasteiger charge is 2.09. The molecule has 0 saturated heterocycles. The number of rotatable bonds is 4. The van der Waals surface area contributed by atoms with E-state index >= 15 is 0 Å². The average molecular weight is 245 g/mol. The first-order valence-corrected chi connectivity index (χ1v) is 5.72. The van der Waals surface area contributed by atoms with Crippen LogP contribution in [0.15, 0.2) is 24.4 Å². The van der Waals surface area contributed by atoms with Crippen molar-refractivity contribution in [2.24, 2.45) is 0 Å². The molecule has 0 aliphatic carbocycles. The lowest BCUT2D eigenvalue weighted by Gasteiger charge is -2.07. The van der Waals surface area contributed by atoms with Crippen LogP contribution in [0.4, 0.5) is 5.82 Å². The van der Waals surface area contributed by atoms with E-state index in [1.807, 2.05) is 12.1 Å². The van der Waals surface area contributed by atoms with Crippen LogP contribution in [0.5, 0.6) is 0 Å². The van der Waals surface area contributed by atoms with Crippen molar-refractivity contribution in [3.8, 4) is 0 Å². The van der Waals surface area contributed by atoms with E-state index in [0.29, 0.717) is 18.1 Å². The maximum absolute atomic E-state index is 11.8. The monoisotopic (exact) mass is 245 g/mol. The summed E-state index contributed by atoms with van der Waals surface area (Å²) in [6.45, 7) is 2.44. The molecule has 0 fully saturated rings. The summed E-state index contributed by atoms with van der Waals surface area (Å²) in [5.41, 5.74) is 7.79. The van der Waals surface area contributed by atoms with Crippen molar-refractivity contribution < 1.29 is 4.79 Å². The van der Waals surface area contributed by atoms with Crippen molar-refractivity contribution in [2.75, 3.05) is 5.73 Å². The van der Waals surface area contributed by atoms with Crippen LogP contribution in [0.25, 0.3) is 0 Å². The molecular formula is C12H15N5O. The smallest absolute Gasteiger partial charge is 0.269 e. The minimum Gasteiger partial charge on any atom is -0.382 e. The van der Waals surface area contributed by atoms with Gasteiger partial charge in [0.25, 0.3) is 5.91 Å². The lowest BCUT2D eigenvalue weighted by molar-refractivity contribution is 0.0945. The lowest BCUT2D eigenvalue weighted by atomic mass is 10.1. The number of anilines is 1. The Morgan fingerprint density at radius 3 is 3.06 bits per heavy atom. The summed E-state index contributed by atoms with van der Waals surface area (Å²) >= 11 is 0. The molecule has 94 valence electrons. The normalized spacial score (nSPS) is 10.3. The number of amides is 1. The SMILES string of the molecule is CCc1cccnc1CNC(=O)c1cc(N)n[nH]1. The van der Waals surface area contributed by atoms with Crippen LogP contribution in [0.1, 0.15) is 28.7 Å². The van der Waals surface area contributed by atoms with Crippen molar-refractivity contribution in [1.82, 2.24) is 20.5 Å². The largest absolute Gasteiger partial charge is 0.382 e. The summed E-state index contributed by atoms with van der Waals surface area (Å²) in [7, 11) is 0. The van der Waals surface area contributed by atoms with Crippen molar-refractivity contribution >= 4 is 11.7 Å². The van der Waals surface area contributed by atoms with Crippen LogP contribution < -0.4 is 11.1 Å². The molecule has 0 atom stereocenters. The fourth-order valence-corrected chi connectivity index (χ4v) is 1.67. The van der Waals surface area contributed by atoms with Crippen LogP contribution in [0.3, 0.4) is 0 Å². The molecule has 0 bridgehead atoms. The number of carbonyl (C=O) groups excluding carboxylic acids is 1. The Morgan fingerprint density at radius 1 is 1.56 bits per heavy atom. The van der Waals surface area contributed by atoms with E-state index in [1.54, 1.807) is 6.20 Å². The van der Waals surface area contributed by atoms with Gasteiger partial charge in [-0.3, -0.25) is 14.9 Å². The molecule has 0 saturated carbocycles. The molecule has 4 N–H and O–H groups in total. The van der Waals surface area contributed by atoms with Gasteiger partial charge in [0, 0.05) is 12.3 Å². The van der Waals surface area contributed by atoms with E-state index in [0.717, 1.165) is 17.7 Å². The zero-order chi connectivity index (χ0) is 13.0. The van der Waals surface area contributed by atoms with Gasteiger partial charge in [0.2, 0.25) is 0 Å². The highest BCUT2D eigenvalue weighted by Crippen LogP contribution is 2.06. The van der Waals surface area contributed by atoms with Crippen LogP contribution >= 0.6 is 0 Å². The molecule has 0 aromatic carbocycles. The van der Waals surface area contributed by atoms with Gasteiger partial charge in [0.1, 0.15) is 11.5 Å². The van der Waals surface area contributed by atoms with Crippen LogP contribution in [0, 0.1) is 0 Å². The Balaban J connectivity index is 2.01. The topological polar surface area (TPSA) is 96.7 Å². The molecular weight excluding hydrogens is 230 g/mol. The highest BCUT2D eigenvalue weighted by molar-refractivity contribution is 5.92. The number of hydrogen-bond donors (Lipinski definition) is 3. The number of hydrogen-bond acceptors (Lipinski definition) is 4. The maximum Gasteiger partial charge on any atom is 0.269 e. The Morgan fingerprint density at radius 2 is 2.39 bits per heavy atom. The molecule has 1 amide bonds. The summed E-state index contributed by atoms with van der Waals surface area (Å²) in [5.74, 6) is 0.0548. The number of carbonyl (C=O) groups is 1. The first kappa shape index (κ1) is 12.1. The third kappa shape index (κ3) is 2.65. The third-order valence-electron chi connectivity index (χ3n) is 2.62. The number of aromatic nitrogens is 3. The van der Waals surface area contributed by atoms with Gasteiger partial charge < -0.3 is 11.1 Å². The van der Waals surface area contributed by atoms with Gasteiger partial charge in [-0.1, -0.05) is 13.0 Å². The summed E-state index contributed by atoms with van der Waals surface area (Å²) in [4.78, 5) is 16.0. The predicted molar refractivity (Wildman–Crippen MR) is 67.8 cm³/mol. The molecule has 18 heavy (non-hydrogen) atoms. The molecule has 2 aromatic heterocycles. The van der Waals surface area contributed by atoms with Gasteiger partial charge in [-0.05, 0) is 18.1 Å². The Labute approximate surface area is 105 Å². The van der Waals surface area contributed by atoms with Crippen LogP contribution in [0.2, 0.25) is 0 Å². The number of nitrogens with one attached hydrogen (secondary N) is 2. The number of nitrogen functional groups attached to an aromatic ring is 1. The first-order valence-electron chi connectivity index (χ1n) is 5.72. The number of pyridine rings is 1. The Hall–Kier alpha value is -2.37. The van der Waals surface area contributed by atoms with Gasteiger partial charge in [-0.2, -0.15) is 5.10 Å². The van der Waals surface area contributed by atoms with Gasteiger partial charge in [0.15, 0.2) is 0 Å². The minimum atomic E-state index is -0.244. The molecule has 6 nitrogen and oxygen atoms in total. The van der Waals surface area contributed by atoms with Gasteiger partial charge in [-0.15, -0.1) is 0 Å². The summed E-state index contributed by atoms with van der Waals surface area (Å²) in [5, 5.41) is 9.04. The van der Waals surface area contributed by atoms with Crippen LogP contribution in [-0.2, 0) is 13.0 Å². The van der Waals surface area contributed by atoms with E-state index in [-0.39, 0.29) is 5.91 Å². The van der Waals surface area contributed by atoms with Crippen molar-refractivity contribution in [3.05, 3.63) is 41.3 Å². The van der Waals surface area contributed by atoms with E-state index in [4.69, 9.17) is 5.73 Å². The zero-order valence-corrected chi connectivity index (χ0v) is 10.1. The van der Waals surface area contributed by atoms with Crippen molar-refractivity contribution in [1.29, 1.82) is 0 Å². The molecule has 0 aliphatic rings. The summed E-state index contributed by atoms with van der Waals surface area (Å²) in [6.07, 6.45) is 2.60. The second-order valence-electron chi connectivity index (χ2n) is 3.85. The second kappa shape index (κ2) is 5.31. The highest BCUT2D eigenvalue weighted by atomic mass is 16.1. The predicted octanol–water partition coefficient (Wildman–Crippen LogP) is 0.879. The Bertz CT molecular complexity index is 549. The van der Waals surface area contributed by atoms with Gasteiger partial charge >= 0.3 is 0 Å². The molecule has 2 aromatic rings. The summed E-state index contributed by atoms with van der Waals surface area (Å²) in [6, 6.07) is 5.39. The molecule has 2 rings (SSSR count). The Kier molecular flexibility index (Phi) is 3.57. The standard InChI is InChI=1S/C12H15N5O/c1-2-8-4-3-5-14-10(8)7-15-12(18)9-6-11(13)17-16-9/h3-6H,2,7H2,1H3,(H,15,18)(H3,13,16,17). The average Bonchev–Trinajstić information content (AvgIpc) is 2.83. The second-order valence-corrected chi connectivity index (χ2v) is 3.85. The zero-order valence-electron chi connectivity index (χ0n) is 10.1. The van der Waals surface area contributed by atoms with Gasteiger partial charge in [0.05, 0.1) is 12.2 Å².